The van der Waals surface area contributed by atoms with Crippen molar-refractivity contribution in [2.24, 2.45) is 21.7 Å². The summed E-state index contributed by atoms with van der Waals surface area (Å²) < 4.78 is 128. The summed E-state index contributed by atoms with van der Waals surface area (Å²) in [4.78, 5) is 82.7. The number of hydrogen-bond donors (Lipinski definition) is 5. The maximum atomic E-state index is 14.6. The third-order valence-corrected chi connectivity index (χ3v) is 27.7. The molecule has 3 aliphatic heterocycles. The number of benzene rings is 4. The molecule has 2 unspecified atom stereocenters. The van der Waals surface area contributed by atoms with Gasteiger partial charge in [-0.3, -0.25) is 28.9 Å². The van der Waals surface area contributed by atoms with Gasteiger partial charge in [0.1, 0.15) is 17.0 Å². The monoisotopic (exact) mass is 1560 g/mol. The number of aliphatic hydroxyl groups excluding tert-OH is 1. The standard InChI is InChI=1S/C78H101F5N10O10S4/c1-50(52-18-20-53(21-19-52)68-51(2)84-49-105-68)85-71(98)64-40-59(94)44-93(64)72(99)69(74(3,4)5)87-66(95)16-12-13-17-67(96)89(8)57-30-34-90(35-31-57)33-29-56(45-104-60-14-10-9-11-15-60)86-63-27-26-61(41-65(63)106(100,101)78(81,82)83)107(102,103)88-70(97)54-22-24-58(25-23-54)92-38-36-91(37-39-92)43-55-28-32-75(6,7)42-62(55)76-46-77(47-76,48-76)73(79)80/h9-11,14-15,18-27,41,49-50,56-57,59,64,69,73,86,94H,12-13,16-17,28-40,42-48H2,1-8H3,(H,85,98)(H,87,95)(H,88,97)/t50-,56?,59+,64-,69?,76?,77?/m0/s1. The number of rotatable bonds is 29. The molecule has 4 aliphatic carbocycles. The molecule has 4 aromatic carbocycles. The SMILES string of the molecule is Cc1ncsc1-c1ccc([C@H](C)NC(=O)[C@@H]2C[C@@H](O)CN2C(=O)C(NC(=O)CCCCC(=O)N(C)C2CCN(CCC(CSc3ccccc3)Nc3ccc(S(=O)(=O)NC(=O)c4ccc(N5CCN(CC6=C(C78CC(C(F)F)(C7)C8)CC(C)(C)CC6)CC5)cc4)cc3S(=O)(=O)C(F)(F)F)CC2)C(C)(C)C)cc1. The van der Waals surface area contributed by atoms with Gasteiger partial charge in [0.15, 0.2) is 0 Å². The lowest BCUT2D eigenvalue weighted by Crippen LogP contribution is -2.66. The Morgan fingerprint density at radius 2 is 1.50 bits per heavy atom. The van der Waals surface area contributed by atoms with Gasteiger partial charge < -0.3 is 40.7 Å². The van der Waals surface area contributed by atoms with Crippen molar-refractivity contribution >= 4 is 83.9 Å². The average Bonchev–Trinajstić information content (AvgIpc) is 0.846. The van der Waals surface area contributed by atoms with Crippen LogP contribution in [0.2, 0.25) is 0 Å². The van der Waals surface area contributed by atoms with Crippen molar-refractivity contribution in [3.05, 3.63) is 131 Å². The maximum absolute atomic E-state index is 14.6. The third kappa shape index (κ3) is 18.9. The number of carbonyl (C=O) groups excluding carboxylic acids is 5. The van der Waals surface area contributed by atoms with E-state index in [-0.39, 0.29) is 59.9 Å². The summed E-state index contributed by atoms with van der Waals surface area (Å²) in [6.07, 6.45) is 3.94. The second-order valence-electron chi connectivity index (χ2n) is 32.2. The van der Waals surface area contributed by atoms with Gasteiger partial charge in [-0.15, -0.1) is 23.1 Å². The number of piperazine rings is 1. The van der Waals surface area contributed by atoms with Crippen LogP contribution < -0.4 is 25.6 Å². The van der Waals surface area contributed by atoms with E-state index in [0.717, 1.165) is 83.3 Å². The number of unbranched alkanes of at least 4 members (excludes halogenated alkanes) is 1. The lowest BCUT2D eigenvalue weighted by atomic mass is 9.32. The minimum atomic E-state index is -6.20. The van der Waals surface area contributed by atoms with E-state index in [9.17, 15) is 67.9 Å². The van der Waals surface area contributed by atoms with Gasteiger partial charge in [-0.1, -0.05) is 88.2 Å². The van der Waals surface area contributed by atoms with Crippen molar-refractivity contribution in [3.8, 4) is 10.4 Å². The topological polar surface area (TPSA) is 251 Å². The Morgan fingerprint density at radius 3 is 2.12 bits per heavy atom. The van der Waals surface area contributed by atoms with Gasteiger partial charge in [0.05, 0.1) is 38.8 Å². The summed E-state index contributed by atoms with van der Waals surface area (Å²) in [5, 5.41) is 19.7. The smallest absolute Gasteiger partial charge is 0.391 e. The summed E-state index contributed by atoms with van der Waals surface area (Å²) in [5.74, 6) is -2.23. The summed E-state index contributed by atoms with van der Waals surface area (Å²) >= 11 is 2.94. The Morgan fingerprint density at radius 1 is 0.832 bits per heavy atom. The van der Waals surface area contributed by atoms with Crippen LogP contribution in [0.15, 0.2) is 128 Å². The van der Waals surface area contributed by atoms with E-state index in [2.05, 4.69) is 49.5 Å². The Balaban J connectivity index is 0.648. The number of hydrogen-bond acceptors (Lipinski definition) is 17. The number of thioether (sulfide) groups is 1. The molecule has 582 valence electrons. The average molecular weight is 1560 g/mol. The molecule has 0 radical (unpaired) electrons. The molecule has 29 heteroatoms. The number of alkyl halides is 5. The van der Waals surface area contributed by atoms with Crippen LogP contribution in [-0.4, -0.2) is 190 Å². The zero-order valence-electron chi connectivity index (χ0n) is 62.2. The number of allylic oxidation sites excluding steroid dienone is 1. The molecule has 107 heavy (non-hydrogen) atoms. The first kappa shape index (κ1) is 81.0. The number of sulfone groups is 1. The maximum Gasteiger partial charge on any atom is 0.501 e. The van der Waals surface area contributed by atoms with E-state index < -0.39 is 112 Å². The number of thiazole rings is 1. The van der Waals surface area contributed by atoms with Crippen LogP contribution in [0.4, 0.5) is 33.3 Å². The summed E-state index contributed by atoms with van der Waals surface area (Å²) in [6.45, 7) is 18.8. The van der Waals surface area contributed by atoms with Gasteiger partial charge >= 0.3 is 5.51 Å². The van der Waals surface area contributed by atoms with Gasteiger partial charge in [-0.2, -0.15) is 13.2 Å². The highest BCUT2D eigenvalue weighted by atomic mass is 32.2. The van der Waals surface area contributed by atoms with Crippen LogP contribution in [0.3, 0.4) is 0 Å². The molecule has 20 nitrogen and oxygen atoms in total. The van der Waals surface area contributed by atoms with Crippen molar-refractivity contribution in [1.82, 2.24) is 39.9 Å². The normalized spacial score (nSPS) is 22.5. The number of nitrogens with zero attached hydrogens (tertiary/aromatic N) is 6. The predicted molar refractivity (Wildman–Crippen MR) is 405 cm³/mol. The number of sulfonamides is 1. The minimum Gasteiger partial charge on any atom is -0.391 e. The zero-order valence-corrected chi connectivity index (χ0v) is 65.4. The van der Waals surface area contributed by atoms with Gasteiger partial charge in [0.2, 0.25) is 30.1 Å². The van der Waals surface area contributed by atoms with E-state index in [1.54, 1.807) is 40.9 Å². The zero-order chi connectivity index (χ0) is 77.2. The molecule has 0 spiro atoms. The van der Waals surface area contributed by atoms with Crippen molar-refractivity contribution in [3.63, 3.8) is 0 Å². The summed E-state index contributed by atoms with van der Waals surface area (Å²) in [7, 11) is -9.42. The highest BCUT2D eigenvalue weighted by molar-refractivity contribution is 7.99. The number of piperidine rings is 1. The quantitative estimate of drug-likeness (QED) is 0.0129. The van der Waals surface area contributed by atoms with E-state index in [0.29, 0.717) is 90.2 Å². The van der Waals surface area contributed by atoms with Gasteiger partial charge in [0.25, 0.3) is 25.8 Å². The number of anilines is 2. The van der Waals surface area contributed by atoms with Crippen LogP contribution in [0.1, 0.15) is 159 Å². The molecule has 3 saturated carbocycles. The highest BCUT2D eigenvalue weighted by Gasteiger charge is 2.73. The largest absolute Gasteiger partial charge is 0.501 e. The number of likely N-dealkylation sites (tertiary alicyclic amines) is 2. The van der Waals surface area contributed by atoms with Crippen LogP contribution in [0.5, 0.6) is 0 Å². The van der Waals surface area contributed by atoms with Crippen molar-refractivity contribution in [1.29, 1.82) is 0 Å². The second-order valence-corrected chi connectivity index (χ2v) is 37.7. The molecule has 5 aromatic rings. The number of amides is 5. The fraction of sp³-hybridized carbons (Fsp3) is 0.564. The fourth-order valence-electron chi connectivity index (χ4n) is 16.3. The minimum absolute atomic E-state index is 0.0328. The van der Waals surface area contributed by atoms with Crippen molar-refractivity contribution in [2.75, 3.05) is 81.9 Å². The number of nitrogens with one attached hydrogen (secondary N) is 4. The molecule has 7 aliphatic rings. The first-order chi connectivity index (χ1) is 50.4. The van der Waals surface area contributed by atoms with Crippen LogP contribution in [-0.2, 0) is 39.0 Å². The van der Waals surface area contributed by atoms with E-state index in [4.69, 9.17) is 0 Å². The Hall–Kier alpha value is -7.02. The molecular weight excluding hydrogens is 1460 g/mol. The van der Waals surface area contributed by atoms with Gasteiger partial charge in [-0.25, -0.2) is 35.3 Å². The van der Waals surface area contributed by atoms with E-state index in [1.165, 1.54) is 39.9 Å². The Labute approximate surface area is 633 Å². The van der Waals surface area contributed by atoms with Crippen LogP contribution in [0.25, 0.3) is 10.4 Å². The molecule has 5 amide bonds. The summed E-state index contributed by atoms with van der Waals surface area (Å²) in [6, 6.07) is 22.4. The van der Waals surface area contributed by atoms with Crippen LogP contribution in [0, 0.1) is 28.6 Å². The Kier molecular flexibility index (Phi) is 24.9. The number of aliphatic hydroxyl groups is 1. The van der Waals surface area contributed by atoms with E-state index in [1.807, 2.05) is 93.9 Å². The number of carbonyl (C=O) groups is 5. The fourth-order valence-corrected chi connectivity index (χ4v) is 20.1. The molecule has 6 fully saturated rings. The number of halogens is 5. The van der Waals surface area contributed by atoms with Gasteiger partial charge in [-0.05, 0) is 166 Å². The second kappa shape index (κ2) is 32.9. The number of β-amino-alcohol motifs (C(OH)–C–C–N with tert-alkyl or cyclic N) is 1. The number of aryl methyl sites for hydroxylation is 1. The van der Waals surface area contributed by atoms with Crippen molar-refractivity contribution < 1.29 is 67.9 Å². The molecular formula is C78H101F5N10O10S4. The molecule has 3 saturated heterocycles. The highest BCUT2D eigenvalue weighted by Crippen LogP contribution is 2.79. The molecule has 5 N–H and O–H groups in total. The van der Waals surface area contributed by atoms with Gasteiger partial charge in [0, 0.05) is 125 Å². The third-order valence-electron chi connectivity index (χ3n) is 22.7. The molecule has 4 heterocycles. The number of aromatic nitrogens is 1. The van der Waals surface area contributed by atoms with Crippen LogP contribution >= 0.6 is 23.1 Å². The Bertz CT molecular complexity index is 4270. The summed E-state index contributed by atoms with van der Waals surface area (Å²) in [5.41, 5.74) is 0.258. The molecule has 12 rings (SSSR count). The predicted octanol–water partition coefficient (Wildman–Crippen LogP) is 12.4. The van der Waals surface area contributed by atoms with E-state index >= 15 is 0 Å². The molecule has 2 bridgehead atoms. The lowest BCUT2D eigenvalue weighted by Gasteiger charge is -2.72. The first-order valence-corrected chi connectivity index (χ1v) is 41.9. The lowest BCUT2D eigenvalue weighted by molar-refractivity contribution is -0.250. The first-order valence-electron chi connectivity index (χ1n) is 37.0. The van der Waals surface area contributed by atoms with Crippen molar-refractivity contribution in [2.45, 2.75) is 201 Å². The molecule has 5 atom stereocenters. The molecule has 1 aromatic heterocycles.